The van der Waals surface area contributed by atoms with Crippen molar-refractivity contribution in [3.63, 3.8) is 0 Å². The predicted octanol–water partition coefficient (Wildman–Crippen LogP) is 2.57. The minimum absolute atomic E-state index is 0.240. The molecule has 1 unspecified atom stereocenters. The van der Waals surface area contributed by atoms with Crippen molar-refractivity contribution in [3.05, 3.63) is 54.3 Å². The van der Waals surface area contributed by atoms with Crippen LogP contribution in [0.25, 0.3) is 0 Å². The largest absolute Gasteiger partial charge is 0.642 e. The maximum absolute atomic E-state index is 14.3. The van der Waals surface area contributed by atoms with E-state index in [1.807, 2.05) is 35.0 Å². The lowest BCUT2D eigenvalue weighted by Crippen LogP contribution is -2.41. The number of methoxy groups -OCH3 is 1. The van der Waals surface area contributed by atoms with Crippen molar-refractivity contribution in [2.75, 3.05) is 24.9 Å². The molecule has 0 bridgehead atoms. The van der Waals surface area contributed by atoms with Crippen LogP contribution in [0.4, 0.5) is 10.1 Å². The Morgan fingerprint density at radius 3 is 2.75 bits per heavy atom. The average Bonchev–Trinajstić information content (AvgIpc) is 3.18. The van der Waals surface area contributed by atoms with Gasteiger partial charge in [0.05, 0.1) is 25.4 Å². The maximum Gasteiger partial charge on any atom is 0.174 e. The Bertz CT molecular complexity index is 745. The highest BCUT2D eigenvalue weighted by Crippen LogP contribution is 2.65. The average molecular weight is 346 g/mol. The van der Waals surface area contributed by atoms with E-state index < -0.39 is 13.6 Å². The van der Waals surface area contributed by atoms with Crippen LogP contribution in [0.2, 0.25) is 0 Å². The second kappa shape index (κ2) is 5.99. The molecular weight excluding hydrogens is 326 g/mol. The Hall–Kier alpha value is -1.68. The van der Waals surface area contributed by atoms with Crippen molar-refractivity contribution in [1.29, 1.82) is 0 Å². The molecule has 2 saturated heterocycles. The van der Waals surface area contributed by atoms with Crippen LogP contribution in [0.1, 0.15) is 12.8 Å². The van der Waals surface area contributed by atoms with Crippen molar-refractivity contribution in [3.8, 4) is 5.75 Å². The molecule has 0 radical (unpaired) electrons. The monoisotopic (exact) mass is 346 g/mol. The number of rotatable bonds is 3. The Balaban J connectivity index is 1.89. The summed E-state index contributed by atoms with van der Waals surface area (Å²) in [5.74, 6) is 0.0879. The molecule has 2 aromatic rings. The molecule has 6 heteroatoms. The van der Waals surface area contributed by atoms with Gasteiger partial charge in [0.1, 0.15) is 5.82 Å². The second-order valence-electron chi connectivity index (χ2n) is 6.24. The molecule has 126 valence electrons. The molecule has 0 N–H and O–H groups in total. The third-order valence-electron chi connectivity index (χ3n) is 4.91. The van der Waals surface area contributed by atoms with Gasteiger partial charge in [0.25, 0.3) is 0 Å². The molecule has 2 atom stereocenters. The first-order valence-electron chi connectivity index (χ1n) is 8.19. The van der Waals surface area contributed by atoms with Crippen LogP contribution in [0.5, 0.6) is 5.75 Å². The Kier molecular flexibility index (Phi) is 3.95. The van der Waals surface area contributed by atoms with Crippen molar-refractivity contribution < 1.29 is 14.0 Å². The predicted molar refractivity (Wildman–Crippen MR) is 93.0 cm³/mol. The van der Waals surface area contributed by atoms with Crippen LogP contribution in [0.15, 0.2) is 48.5 Å². The molecule has 2 aliphatic rings. The summed E-state index contributed by atoms with van der Waals surface area (Å²) in [7, 11) is -1.60. The molecule has 2 fully saturated rings. The van der Waals surface area contributed by atoms with Gasteiger partial charge in [0, 0.05) is 12.6 Å². The van der Waals surface area contributed by atoms with Crippen LogP contribution in [0.3, 0.4) is 0 Å². The summed E-state index contributed by atoms with van der Waals surface area (Å²) in [6.45, 7) is 1.46. The number of nitrogens with zero attached hydrogens (tertiary/aromatic N) is 2. The molecule has 0 amide bonds. The molecule has 4 nitrogen and oxygen atoms in total. The van der Waals surface area contributed by atoms with Gasteiger partial charge in [0.2, 0.25) is 0 Å². The highest BCUT2D eigenvalue weighted by Gasteiger charge is 2.57. The van der Waals surface area contributed by atoms with Crippen LogP contribution >= 0.6 is 7.79 Å². The van der Waals surface area contributed by atoms with Gasteiger partial charge in [-0.2, -0.15) is 4.67 Å². The number of halogens is 1. The zero-order valence-corrected chi connectivity index (χ0v) is 14.5. The molecule has 4 rings (SSSR count). The Morgan fingerprint density at radius 2 is 2.00 bits per heavy atom. The van der Waals surface area contributed by atoms with Crippen LogP contribution in [-0.4, -0.2) is 30.9 Å². The molecule has 2 aromatic carbocycles. The van der Waals surface area contributed by atoms with Gasteiger partial charge in [-0.3, -0.25) is 0 Å². The van der Waals surface area contributed by atoms with Gasteiger partial charge in [0.15, 0.2) is 18.8 Å². The van der Waals surface area contributed by atoms with Crippen molar-refractivity contribution in [1.82, 2.24) is 4.67 Å². The quantitative estimate of drug-likeness (QED) is 0.801. The summed E-state index contributed by atoms with van der Waals surface area (Å²) in [6, 6.07) is 14.3. The summed E-state index contributed by atoms with van der Waals surface area (Å²) >= 11 is 0. The Labute approximate surface area is 142 Å². The fourth-order valence-corrected chi connectivity index (χ4v) is 7.29. The first-order chi connectivity index (χ1) is 11.6. The van der Waals surface area contributed by atoms with Crippen LogP contribution in [-0.2, 0) is 0 Å². The zero-order valence-electron chi connectivity index (χ0n) is 13.6. The number of anilines is 1. The zero-order chi connectivity index (χ0) is 16.7. The Morgan fingerprint density at radius 1 is 1.21 bits per heavy atom. The van der Waals surface area contributed by atoms with Gasteiger partial charge in [-0.15, -0.1) is 0 Å². The third kappa shape index (κ3) is 2.31. The summed E-state index contributed by atoms with van der Waals surface area (Å²) in [4.78, 5) is 14.3. The van der Waals surface area contributed by atoms with Gasteiger partial charge in [-0.25, -0.2) is 9.06 Å². The number of hydrogen-bond acceptors (Lipinski definition) is 4. The van der Waals surface area contributed by atoms with E-state index in [1.165, 1.54) is 19.2 Å². The molecule has 2 heterocycles. The molecule has 0 aliphatic carbocycles. The smallest absolute Gasteiger partial charge is 0.174 e. The van der Waals surface area contributed by atoms with Crippen molar-refractivity contribution in [2.45, 2.75) is 18.9 Å². The first kappa shape index (κ1) is 15.8. The number of fused-ring (bicyclic) bond motifs is 1. The molecular formula is C18H20FN2O2P. The lowest BCUT2D eigenvalue weighted by atomic mass is 10.2. The van der Waals surface area contributed by atoms with E-state index in [0.29, 0.717) is 17.6 Å². The minimum atomic E-state index is -3.14. The number of ether oxygens (including phenoxy) is 1. The maximum atomic E-state index is 14.3. The highest BCUT2D eigenvalue weighted by atomic mass is 31.2. The minimum Gasteiger partial charge on any atom is -0.642 e. The number of hydrogen-bond donors (Lipinski definition) is 0. The molecule has 0 aromatic heterocycles. The van der Waals surface area contributed by atoms with Crippen molar-refractivity contribution in [2.24, 2.45) is 0 Å². The summed E-state index contributed by atoms with van der Waals surface area (Å²) in [5, 5.41) is 0.457. The third-order valence-corrected chi connectivity index (χ3v) is 8.16. The molecule has 0 saturated carbocycles. The van der Waals surface area contributed by atoms with Crippen molar-refractivity contribution >= 4 is 18.8 Å². The molecule has 0 spiro atoms. The van der Waals surface area contributed by atoms with E-state index in [0.717, 1.165) is 25.1 Å². The van der Waals surface area contributed by atoms with E-state index in [1.54, 1.807) is 6.07 Å². The van der Waals surface area contributed by atoms with Gasteiger partial charge in [-0.05, 0) is 37.1 Å². The summed E-state index contributed by atoms with van der Waals surface area (Å²) in [6.07, 6.45) is 2.04. The van der Waals surface area contributed by atoms with Gasteiger partial charge in [-0.1, -0.05) is 18.2 Å². The first-order valence-corrected chi connectivity index (χ1v) is 9.80. The highest BCUT2D eigenvalue weighted by molar-refractivity contribution is 7.76. The number of benzene rings is 2. The van der Waals surface area contributed by atoms with E-state index in [4.69, 9.17) is 4.74 Å². The lowest BCUT2D eigenvalue weighted by Gasteiger charge is -2.40. The van der Waals surface area contributed by atoms with E-state index >= 15 is 0 Å². The SMILES string of the molecule is COc1ccc(F)cc1[P+]1([O-])N(c2ccccc2)C[C@@H]2CCCN21. The summed E-state index contributed by atoms with van der Waals surface area (Å²) < 4.78 is 23.4. The molecule has 24 heavy (non-hydrogen) atoms. The summed E-state index contributed by atoms with van der Waals surface area (Å²) in [5.41, 5.74) is 0.904. The topological polar surface area (TPSA) is 38.8 Å². The lowest BCUT2D eigenvalue weighted by molar-refractivity contribution is -0.176. The van der Waals surface area contributed by atoms with E-state index in [9.17, 15) is 9.28 Å². The second-order valence-corrected chi connectivity index (χ2v) is 8.80. The van der Waals surface area contributed by atoms with Gasteiger partial charge >= 0.3 is 0 Å². The fourth-order valence-electron chi connectivity index (χ4n) is 3.83. The fraction of sp³-hybridized carbons (Fsp3) is 0.333. The van der Waals surface area contributed by atoms with E-state index in [-0.39, 0.29) is 6.04 Å². The standard InChI is InChI=1S/C18H20FN2O2P/c1-23-17-10-9-14(19)12-18(17)24(22)20-11-5-8-16(20)13-21(24)15-6-3-2-4-7-15/h2-4,6-7,9-10,12,16H,5,8,11,13H2,1H3/t16-,24?/m0/s1. The normalized spacial score (nSPS) is 26.6. The van der Waals surface area contributed by atoms with Crippen LogP contribution < -0.4 is 19.6 Å². The van der Waals surface area contributed by atoms with Crippen LogP contribution in [0, 0.1) is 5.82 Å². The van der Waals surface area contributed by atoms with Gasteiger partial charge < -0.3 is 9.63 Å². The molecule has 2 aliphatic heterocycles. The van der Waals surface area contributed by atoms with E-state index in [2.05, 4.69) is 4.67 Å². The number of para-hydroxylation sites is 1.